The molecular formula is C18H19BrN2O. The van der Waals surface area contributed by atoms with Crippen LogP contribution in [0.1, 0.15) is 5.56 Å². The smallest absolute Gasteiger partial charge is 0.227 e. The Morgan fingerprint density at radius 1 is 0.909 bits per heavy atom. The van der Waals surface area contributed by atoms with Crippen LogP contribution in [0.4, 0.5) is 5.69 Å². The van der Waals surface area contributed by atoms with E-state index in [-0.39, 0.29) is 5.91 Å². The fourth-order valence-electron chi connectivity index (χ4n) is 2.79. The van der Waals surface area contributed by atoms with E-state index in [1.165, 1.54) is 5.69 Å². The molecule has 0 radical (unpaired) electrons. The summed E-state index contributed by atoms with van der Waals surface area (Å²) in [5, 5.41) is 0. The normalized spacial score (nSPS) is 15.0. The second kappa shape index (κ2) is 6.97. The van der Waals surface area contributed by atoms with E-state index in [1.54, 1.807) is 0 Å². The number of halogens is 1. The Balaban J connectivity index is 1.58. The lowest BCUT2D eigenvalue weighted by Crippen LogP contribution is -2.49. The third kappa shape index (κ3) is 3.50. The summed E-state index contributed by atoms with van der Waals surface area (Å²) in [6.07, 6.45) is 0.496. The molecule has 0 atom stereocenters. The van der Waals surface area contributed by atoms with Crippen LogP contribution in [0.3, 0.4) is 0 Å². The van der Waals surface area contributed by atoms with Crippen molar-refractivity contribution in [3.05, 3.63) is 64.6 Å². The van der Waals surface area contributed by atoms with Crippen LogP contribution in [0.15, 0.2) is 59.1 Å². The molecule has 0 saturated carbocycles. The average molecular weight is 359 g/mol. The molecule has 1 saturated heterocycles. The lowest BCUT2D eigenvalue weighted by Gasteiger charge is -2.36. The van der Waals surface area contributed by atoms with Gasteiger partial charge < -0.3 is 9.80 Å². The van der Waals surface area contributed by atoms with Crippen molar-refractivity contribution in [1.82, 2.24) is 4.90 Å². The first kappa shape index (κ1) is 15.1. The van der Waals surface area contributed by atoms with Gasteiger partial charge in [-0.2, -0.15) is 0 Å². The van der Waals surface area contributed by atoms with Gasteiger partial charge in [-0.3, -0.25) is 4.79 Å². The highest BCUT2D eigenvalue weighted by atomic mass is 79.9. The summed E-state index contributed by atoms with van der Waals surface area (Å²) in [6, 6.07) is 18.2. The summed E-state index contributed by atoms with van der Waals surface area (Å²) >= 11 is 3.60. The van der Waals surface area contributed by atoms with Crippen LogP contribution in [0, 0.1) is 0 Å². The summed E-state index contributed by atoms with van der Waals surface area (Å²) < 4.78 is 1.11. The Morgan fingerprint density at radius 3 is 2.23 bits per heavy atom. The van der Waals surface area contributed by atoms with Crippen LogP contribution in [0.25, 0.3) is 0 Å². The monoisotopic (exact) mass is 358 g/mol. The molecule has 0 aliphatic carbocycles. The molecular weight excluding hydrogens is 340 g/mol. The number of piperazine rings is 1. The average Bonchev–Trinajstić information content (AvgIpc) is 2.56. The first-order valence-electron chi connectivity index (χ1n) is 7.55. The number of anilines is 1. The minimum Gasteiger partial charge on any atom is -0.367 e. The molecule has 22 heavy (non-hydrogen) atoms. The van der Waals surface area contributed by atoms with Crippen molar-refractivity contribution < 1.29 is 4.79 Å². The molecule has 4 heteroatoms. The molecule has 2 aromatic carbocycles. The second-order valence-corrected chi connectivity index (χ2v) is 6.34. The summed E-state index contributed by atoms with van der Waals surface area (Å²) in [6.45, 7) is 3.33. The number of nitrogens with zero attached hydrogens (tertiary/aromatic N) is 2. The van der Waals surface area contributed by atoms with E-state index < -0.39 is 0 Å². The van der Waals surface area contributed by atoms with Gasteiger partial charge in [-0.25, -0.2) is 0 Å². The molecule has 3 nitrogen and oxygen atoms in total. The van der Waals surface area contributed by atoms with Crippen molar-refractivity contribution in [2.24, 2.45) is 0 Å². The summed E-state index contributed by atoms with van der Waals surface area (Å²) in [4.78, 5) is 16.7. The van der Waals surface area contributed by atoms with Crippen molar-refractivity contribution >= 4 is 27.5 Å². The standard InChI is InChI=1S/C18H19BrN2O/c19-16-8-4-5-9-17(16)20-10-12-21(13-11-20)18(22)14-15-6-2-1-3-7-15/h1-9H,10-14H2. The first-order chi connectivity index (χ1) is 10.7. The molecule has 1 fully saturated rings. The SMILES string of the molecule is O=C(Cc1ccccc1)N1CCN(c2ccccc2Br)CC1. The van der Waals surface area contributed by atoms with Crippen molar-refractivity contribution in [3.63, 3.8) is 0 Å². The highest BCUT2D eigenvalue weighted by molar-refractivity contribution is 9.10. The third-order valence-corrected chi connectivity index (χ3v) is 4.69. The molecule has 0 aromatic heterocycles. The van der Waals surface area contributed by atoms with Gasteiger partial charge in [0.05, 0.1) is 12.1 Å². The lowest BCUT2D eigenvalue weighted by atomic mass is 10.1. The first-order valence-corrected chi connectivity index (χ1v) is 8.34. The molecule has 1 aliphatic heterocycles. The molecule has 0 bridgehead atoms. The molecule has 0 N–H and O–H groups in total. The zero-order valence-electron chi connectivity index (χ0n) is 12.4. The molecule has 1 aliphatic rings. The van der Waals surface area contributed by atoms with Crippen LogP contribution in [0.5, 0.6) is 0 Å². The largest absolute Gasteiger partial charge is 0.367 e. The third-order valence-electron chi connectivity index (χ3n) is 4.02. The van der Waals surface area contributed by atoms with E-state index in [0.717, 1.165) is 36.2 Å². The van der Waals surface area contributed by atoms with Crippen LogP contribution < -0.4 is 4.90 Å². The number of para-hydroxylation sites is 1. The zero-order chi connectivity index (χ0) is 15.4. The van der Waals surface area contributed by atoms with Crippen molar-refractivity contribution in [1.29, 1.82) is 0 Å². The van der Waals surface area contributed by atoms with Crippen LogP contribution in [0.2, 0.25) is 0 Å². The van der Waals surface area contributed by atoms with Gasteiger partial charge in [0, 0.05) is 30.7 Å². The van der Waals surface area contributed by atoms with E-state index in [4.69, 9.17) is 0 Å². The number of hydrogen-bond acceptors (Lipinski definition) is 2. The zero-order valence-corrected chi connectivity index (χ0v) is 14.0. The number of carbonyl (C=O) groups excluding carboxylic acids is 1. The number of carbonyl (C=O) groups is 1. The van der Waals surface area contributed by atoms with E-state index >= 15 is 0 Å². The van der Waals surface area contributed by atoms with Crippen molar-refractivity contribution in [2.75, 3.05) is 31.1 Å². The van der Waals surface area contributed by atoms with Crippen LogP contribution in [-0.4, -0.2) is 37.0 Å². The topological polar surface area (TPSA) is 23.6 Å². The minimum atomic E-state index is 0.220. The van der Waals surface area contributed by atoms with Crippen molar-refractivity contribution in [3.8, 4) is 0 Å². The van der Waals surface area contributed by atoms with E-state index in [1.807, 2.05) is 47.4 Å². The molecule has 2 aromatic rings. The number of rotatable bonds is 3. The minimum absolute atomic E-state index is 0.220. The Labute approximate surface area is 139 Å². The lowest BCUT2D eigenvalue weighted by molar-refractivity contribution is -0.130. The van der Waals surface area contributed by atoms with Crippen LogP contribution in [-0.2, 0) is 11.2 Å². The Kier molecular flexibility index (Phi) is 4.78. The summed E-state index contributed by atoms with van der Waals surface area (Å²) in [7, 11) is 0. The summed E-state index contributed by atoms with van der Waals surface area (Å²) in [5.41, 5.74) is 2.29. The fourth-order valence-corrected chi connectivity index (χ4v) is 3.32. The second-order valence-electron chi connectivity index (χ2n) is 5.48. The molecule has 1 amide bonds. The van der Waals surface area contributed by atoms with Gasteiger partial charge in [0.15, 0.2) is 0 Å². The van der Waals surface area contributed by atoms with Gasteiger partial charge >= 0.3 is 0 Å². The maximum absolute atomic E-state index is 12.4. The predicted molar refractivity (Wildman–Crippen MR) is 93.1 cm³/mol. The number of hydrogen-bond donors (Lipinski definition) is 0. The predicted octanol–water partition coefficient (Wildman–Crippen LogP) is 3.34. The highest BCUT2D eigenvalue weighted by Gasteiger charge is 2.22. The Hall–Kier alpha value is -1.81. The number of benzene rings is 2. The van der Waals surface area contributed by atoms with Crippen LogP contribution >= 0.6 is 15.9 Å². The Morgan fingerprint density at radius 2 is 1.55 bits per heavy atom. The maximum atomic E-state index is 12.4. The molecule has 3 rings (SSSR count). The summed E-state index contributed by atoms with van der Waals surface area (Å²) in [5.74, 6) is 0.220. The van der Waals surface area contributed by atoms with Gasteiger partial charge in [-0.05, 0) is 33.6 Å². The van der Waals surface area contributed by atoms with Gasteiger partial charge in [0.2, 0.25) is 5.91 Å². The van der Waals surface area contributed by atoms with E-state index in [2.05, 4.69) is 33.0 Å². The van der Waals surface area contributed by atoms with Gasteiger partial charge in [0.1, 0.15) is 0 Å². The maximum Gasteiger partial charge on any atom is 0.227 e. The molecule has 0 unspecified atom stereocenters. The molecule has 114 valence electrons. The van der Waals surface area contributed by atoms with E-state index in [9.17, 15) is 4.79 Å². The van der Waals surface area contributed by atoms with Gasteiger partial charge in [0.25, 0.3) is 0 Å². The Bertz CT molecular complexity index is 637. The number of amides is 1. The van der Waals surface area contributed by atoms with Gasteiger partial charge in [-0.15, -0.1) is 0 Å². The van der Waals surface area contributed by atoms with Crippen molar-refractivity contribution in [2.45, 2.75) is 6.42 Å². The quantitative estimate of drug-likeness (QED) is 0.839. The highest BCUT2D eigenvalue weighted by Crippen LogP contribution is 2.26. The molecule has 0 spiro atoms. The van der Waals surface area contributed by atoms with Gasteiger partial charge in [-0.1, -0.05) is 42.5 Å². The molecule has 1 heterocycles. The van der Waals surface area contributed by atoms with E-state index in [0.29, 0.717) is 6.42 Å². The fraction of sp³-hybridized carbons (Fsp3) is 0.278.